The summed E-state index contributed by atoms with van der Waals surface area (Å²) in [6.07, 6.45) is 12.3. The topological polar surface area (TPSA) is 61.4 Å². The fourth-order valence-electron chi connectivity index (χ4n) is 2.42. The quantitative estimate of drug-likeness (QED) is 0.388. The molecule has 0 aliphatic heterocycles. The van der Waals surface area contributed by atoms with Gasteiger partial charge in [0.25, 0.3) is 0 Å². The van der Waals surface area contributed by atoms with Crippen molar-refractivity contribution in [1.29, 1.82) is 0 Å². The minimum atomic E-state index is 0. The molecule has 0 saturated heterocycles. The van der Waals surface area contributed by atoms with Crippen LogP contribution >= 0.6 is 0 Å². The van der Waals surface area contributed by atoms with Gasteiger partial charge in [0.05, 0.1) is 11.4 Å². The Morgan fingerprint density at radius 1 is 0.720 bits per heavy atom. The molecule has 0 bridgehead atoms. The third-order valence-corrected chi connectivity index (χ3v) is 3.63. The molecule has 0 fully saturated rings. The van der Waals surface area contributed by atoms with E-state index in [1.54, 1.807) is 24.8 Å². The normalized spacial score (nSPS) is 10.4. The van der Waals surface area contributed by atoms with Gasteiger partial charge in [-0.3, -0.25) is 9.36 Å². The molecule has 0 spiro atoms. The summed E-state index contributed by atoms with van der Waals surface area (Å²) in [6.45, 7) is 0. The van der Waals surface area contributed by atoms with Gasteiger partial charge in [0.1, 0.15) is 0 Å². The molecule has 0 aliphatic rings. The Morgan fingerprint density at radius 2 is 1.20 bits per heavy atom. The smallest absolute Gasteiger partial charge is 0.304 e. The van der Waals surface area contributed by atoms with E-state index < -0.39 is 0 Å². The van der Waals surface area contributed by atoms with Crippen LogP contribution in [-0.2, 0) is 33.9 Å². The molecule has 0 radical (unpaired) electrons. The first-order chi connectivity index (χ1) is 11.9. The van der Waals surface area contributed by atoms with Crippen LogP contribution in [0.3, 0.4) is 0 Å². The van der Waals surface area contributed by atoms with Gasteiger partial charge in [-0.1, -0.05) is 24.8 Å². The van der Waals surface area contributed by atoms with Crippen molar-refractivity contribution in [3.8, 4) is 11.4 Å². The molecule has 0 atom stereocenters. The molecule has 4 aromatic rings. The van der Waals surface area contributed by atoms with Crippen molar-refractivity contribution in [2.24, 2.45) is 0 Å². The zero-order valence-electron chi connectivity index (χ0n) is 13.2. The number of aromatic nitrogens is 6. The number of hydrogen-bond acceptors (Lipinski definition) is 4. The van der Waals surface area contributed by atoms with Crippen molar-refractivity contribution in [1.82, 2.24) is 29.5 Å². The average molecular weight is 509 g/mol. The van der Waals surface area contributed by atoms with Gasteiger partial charge in [-0.15, -0.1) is 11.4 Å². The maximum absolute atomic E-state index is 4.57. The Bertz CT molecular complexity index is 839. The molecule has 0 N–H and O–H groups in total. The minimum absolute atomic E-state index is 0. The van der Waals surface area contributed by atoms with E-state index in [-0.39, 0.29) is 21.1 Å². The molecule has 126 valence electrons. The Hall–Kier alpha value is -2.59. The monoisotopic (exact) mass is 509 g/mol. The number of hydrogen-bond donors (Lipinski definition) is 0. The second kappa shape index (κ2) is 7.99. The van der Waals surface area contributed by atoms with Crippen molar-refractivity contribution in [2.45, 2.75) is 12.8 Å². The summed E-state index contributed by atoms with van der Waals surface area (Å²) in [5, 5.41) is 9.14. The van der Waals surface area contributed by atoms with E-state index in [1.807, 2.05) is 46.0 Å². The van der Waals surface area contributed by atoms with Crippen molar-refractivity contribution in [3.63, 3.8) is 0 Å². The first-order valence-corrected chi connectivity index (χ1v) is 7.62. The van der Waals surface area contributed by atoms with E-state index in [4.69, 9.17) is 0 Å². The van der Waals surface area contributed by atoms with Crippen LogP contribution in [-0.4, -0.2) is 29.5 Å². The molecule has 25 heavy (non-hydrogen) atoms. The second-order valence-corrected chi connectivity index (χ2v) is 5.25. The SMILES string of the molecule is [Pt+2].[c-]1cnccc1-n1ccc(CCc2ccn(-c3[c-]cncc3)n2)n1. The molecule has 0 amide bonds. The molecular formula is C18H14N6Pt. The van der Waals surface area contributed by atoms with E-state index in [0.717, 1.165) is 35.6 Å². The molecule has 0 unspecified atom stereocenters. The largest absolute Gasteiger partial charge is 2.00 e. The number of rotatable bonds is 5. The van der Waals surface area contributed by atoms with Gasteiger partial charge in [0.2, 0.25) is 0 Å². The predicted octanol–water partition coefficient (Wildman–Crippen LogP) is 2.23. The fraction of sp³-hybridized carbons (Fsp3) is 0.111. The van der Waals surface area contributed by atoms with E-state index in [2.05, 4.69) is 32.3 Å². The molecule has 4 aromatic heterocycles. The predicted molar refractivity (Wildman–Crippen MR) is 87.8 cm³/mol. The van der Waals surface area contributed by atoms with Gasteiger partial charge < -0.3 is 9.97 Å². The maximum atomic E-state index is 4.57. The minimum Gasteiger partial charge on any atom is -0.304 e. The van der Waals surface area contributed by atoms with Crippen LogP contribution in [0.2, 0.25) is 0 Å². The first-order valence-electron chi connectivity index (χ1n) is 7.62. The molecule has 0 aliphatic carbocycles. The Labute approximate surface area is 159 Å². The van der Waals surface area contributed by atoms with Gasteiger partial charge in [0.15, 0.2) is 0 Å². The van der Waals surface area contributed by atoms with Gasteiger partial charge in [0, 0.05) is 12.4 Å². The third-order valence-electron chi connectivity index (χ3n) is 3.63. The third kappa shape index (κ3) is 4.09. The zero-order valence-corrected chi connectivity index (χ0v) is 15.5. The van der Waals surface area contributed by atoms with Crippen LogP contribution < -0.4 is 0 Å². The standard InChI is InChI=1S/C18H14N6.Pt/c1(15-7-13-23(21-15)17-3-9-19-10-4-17)2-16-8-14-24(22-16)18-5-11-20-12-6-18;/h3,5,7-14H,1-2H2;/q-2;+2. The van der Waals surface area contributed by atoms with Crippen LogP contribution in [0.25, 0.3) is 11.4 Å². The first kappa shape index (κ1) is 17.2. The molecule has 7 heteroatoms. The van der Waals surface area contributed by atoms with Crippen molar-refractivity contribution < 1.29 is 21.1 Å². The van der Waals surface area contributed by atoms with Crippen LogP contribution in [0.4, 0.5) is 0 Å². The van der Waals surface area contributed by atoms with Crippen molar-refractivity contribution in [2.75, 3.05) is 0 Å². The van der Waals surface area contributed by atoms with Gasteiger partial charge in [-0.05, 0) is 25.0 Å². The van der Waals surface area contributed by atoms with Crippen LogP contribution in [0.1, 0.15) is 11.4 Å². The summed E-state index contributed by atoms with van der Waals surface area (Å²) in [4.78, 5) is 7.93. The van der Waals surface area contributed by atoms with Gasteiger partial charge >= 0.3 is 21.1 Å². The van der Waals surface area contributed by atoms with E-state index in [9.17, 15) is 0 Å². The van der Waals surface area contributed by atoms with E-state index >= 15 is 0 Å². The van der Waals surface area contributed by atoms with Crippen molar-refractivity contribution in [3.05, 3.63) is 85.0 Å². The van der Waals surface area contributed by atoms with Gasteiger partial charge in [-0.2, -0.15) is 22.3 Å². The van der Waals surface area contributed by atoms with Crippen LogP contribution in [0.5, 0.6) is 0 Å². The molecule has 4 heterocycles. The Balaban J connectivity index is 0.00000182. The summed E-state index contributed by atoms with van der Waals surface area (Å²) in [5.41, 5.74) is 3.80. The van der Waals surface area contributed by atoms with Crippen LogP contribution in [0, 0.1) is 12.1 Å². The molecular weight excluding hydrogens is 495 g/mol. The zero-order chi connectivity index (χ0) is 16.2. The summed E-state index contributed by atoms with van der Waals surface area (Å²) in [6, 6.07) is 13.9. The van der Waals surface area contributed by atoms with E-state index in [1.165, 1.54) is 0 Å². The summed E-state index contributed by atoms with van der Waals surface area (Å²) in [5.74, 6) is 0. The van der Waals surface area contributed by atoms with E-state index in [0.29, 0.717) is 0 Å². The molecule has 0 aromatic carbocycles. The molecule has 0 saturated carbocycles. The summed E-state index contributed by atoms with van der Waals surface area (Å²) >= 11 is 0. The van der Waals surface area contributed by atoms with Gasteiger partial charge in [-0.25, -0.2) is 12.1 Å². The number of nitrogens with zero attached hydrogens (tertiary/aromatic N) is 6. The number of pyridine rings is 2. The Kier molecular flexibility index (Phi) is 5.51. The van der Waals surface area contributed by atoms with Crippen molar-refractivity contribution >= 4 is 0 Å². The molecule has 6 nitrogen and oxygen atoms in total. The van der Waals surface area contributed by atoms with Crippen LogP contribution in [0.15, 0.2) is 61.4 Å². The average Bonchev–Trinajstić information content (AvgIpc) is 3.31. The summed E-state index contributed by atoms with van der Waals surface area (Å²) < 4.78 is 3.61. The second-order valence-electron chi connectivity index (χ2n) is 5.25. The maximum Gasteiger partial charge on any atom is 2.00 e. The number of aryl methyl sites for hydroxylation is 2. The Morgan fingerprint density at radius 3 is 1.60 bits per heavy atom. The molecule has 4 rings (SSSR count). The fourth-order valence-corrected chi connectivity index (χ4v) is 2.42. The summed E-state index contributed by atoms with van der Waals surface area (Å²) in [7, 11) is 0.